The molecule has 1 atom stereocenters. The Bertz CT molecular complexity index is 971. The van der Waals surface area contributed by atoms with Crippen LogP contribution in [0.1, 0.15) is 12.8 Å². The summed E-state index contributed by atoms with van der Waals surface area (Å²) in [6, 6.07) is 5.43. The Morgan fingerprint density at radius 1 is 1.25 bits per heavy atom. The predicted octanol–water partition coefficient (Wildman–Crippen LogP) is 2.43. The van der Waals surface area contributed by atoms with Gasteiger partial charge >= 0.3 is 0 Å². The number of aromatic nitrogens is 3. The van der Waals surface area contributed by atoms with E-state index in [-0.39, 0.29) is 24.2 Å². The second-order valence-electron chi connectivity index (χ2n) is 6.74. The van der Waals surface area contributed by atoms with Crippen molar-refractivity contribution in [1.29, 1.82) is 0 Å². The maximum absolute atomic E-state index is 13.6. The van der Waals surface area contributed by atoms with E-state index >= 15 is 0 Å². The average Bonchev–Trinajstić information content (AvgIpc) is 3.16. The zero-order valence-electron chi connectivity index (χ0n) is 15.1. The Hall–Kier alpha value is -3.23. The van der Waals surface area contributed by atoms with Crippen LogP contribution in [0.15, 0.2) is 36.8 Å². The number of benzene rings is 1. The number of amides is 1. The van der Waals surface area contributed by atoms with Crippen molar-refractivity contribution in [1.82, 2.24) is 20.3 Å². The summed E-state index contributed by atoms with van der Waals surface area (Å²) in [5.74, 6) is -0.937. The molecular formula is C19H20F2N6O. The number of hydrogen-bond donors (Lipinski definition) is 3. The molecule has 2 aromatic heterocycles. The van der Waals surface area contributed by atoms with Crippen molar-refractivity contribution in [2.24, 2.45) is 0 Å². The second-order valence-corrected chi connectivity index (χ2v) is 6.74. The molecule has 0 radical (unpaired) electrons. The molecule has 3 N–H and O–H groups in total. The highest BCUT2D eigenvalue weighted by atomic mass is 19.1. The van der Waals surface area contributed by atoms with Crippen LogP contribution in [-0.4, -0.2) is 46.5 Å². The number of halogens is 2. The zero-order chi connectivity index (χ0) is 19.5. The molecule has 7 nitrogen and oxygen atoms in total. The molecule has 1 aromatic carbocycles. The number of fused-ring (bicyclic) bond motifs is 1. The van der Waals surface area contributed by atoms with Crippen molar-refractivity contribution in [2.75, 3.05) is 29.9 Å². The first-order valence-electron chi connectivity index (χ1n) is 9.12. The van der Waals surface area contributed by atoms with Gasteiger partial charge in [-0.15, -0.1) is 0 Å². The summed E-state index contributed by atoms with van der Waals surface area (Å²) in [4.78, 5) is 26.0. The van der Waals surface area contributed by atoms with Crippen LogP contribution < -0.4 is 15.5 Å². The van der Waals surface area contributed by atoms with Gasteiger partial charge < -0.3 is 20.5 Å². The molecule has 4 rings (SSSR count). The van der Waals surface area contributed by atoms with Crippen LogP contribution >= 0.6 is 0 Å². The number of aromatic amines is 1. The fraction of sp³-hybridized carbons (Fsp3) is 0.316. The van der Waals surface area contributed by atoms with Crippen molar-refractivity contribution in [3.05, 3.63) is 48.4 Å². The Morgan fingerprint density at radius 3 is 2.89 bits per heavy atom. The number of para-hydroxylation sites is 1. The largest absolute Gasteiger partial charge is 0.371 e. The van der Waals surface area contributed by atoms with Crippen LogP contribution in [0.3, 0.4) is 0 Å². The number of anilines is 2. The van der Waals surface area contributed by atoms with Gasteiger partial charge in [-0.2, -0.15) is 0 Å². The van der Waals surface area contributed by atoms with Crippen molar-refractivity contribution in [3.8, 4) is 0 Å². The van der Waals surface area contributed by atoms with Gasteiger partial charge in [-0.25, -0.2) is 18.7 Å². The van der Waals surface area contributed by atoms with E-state index in [4.69, 9.17) is 0 Å². The van der Waals surface area contributed by atoms with Gasteiger partial charge in [0, 0.05) is 25.3 Å². The maximum Gasteiger partial charge on any atom is 0.239 e. The van der Waals surface area contributed by atoms with Gasteiger partial charge in [-0.3, -0.25) is 4.79 Å². The molecular weight excluding hydrogens is 366 g/mol. The molecule has 0 bridgehead atoms. The van der Waals surface area contributed by atoms with Crippen LogP contribution in [-0.2, 0) is 4.79 Å². The molecule has 0 spiro atoms. The molecule has 28 heavy (non-hydrogen) atoms. The quantitative estimate of drug-likeness (QED) is 0.627. The normalized spacial score (nSPS) is 16.9. The van der Waals surface area contributed by atoms with E-state index in [0.29, 0.717) is 6.54 Å². The molecule has 9 heteroatoms. The Morgan fingerprint density at radius 2 is 2.07 bits per heavy atom. The third-order valence-electron chi connectivity index (χ3n) is 4.81. The first-order chi connectivity index (χ1) is 13.6. The minimum absolute atomic E-state index is 0.0718. The Balaban J connectivity index is 1.37. The molecule has 1 fully saturated rings. The highest BCUT2D eigenvalue weighted by molar-refractivity contribution is 5.87. The van der Waals surface area contributed by atoms with E-state index in [1.807, 2.05) is 12.3 Å². The lowest BCUT2D eigenvalue weighted by molar-refractivity contribution is -0.120. The monoisotopic (exact) mass is 386 g/mol. The van der Waals surface area contributed by atoms with E-state index in [0.717, 1.165) is 48.4 Å². The van der Waals surface area contributed by atoms with Gasteiger partial charge in [0.15, 0.2) is 0 Å². The predicted molar refractivity (Wildman–Crippen MR) is 102 cm³/mol. The zero-order valence-corrected chi connectivity index (χ0v) is 15.1. The van der Waals surface area contributed by atoms with E-state index in [2.05, 4.69) is 30.5 Å². The molecule has 1 saturated heterocycles. The smallest absolute Gasteiger partial charge is 0.239 e. The fourth-order valence-corrected chi connectivity index (χ4v) is 3.51. The highest BCUT2D eigenvalue weighted by Gasteiger charge is 2.24. The van der Waals surface area contributed by atoms with Crippen LogP contribution in [0.4, 0.5) is 20.3 Å². The number of H-pyrrole nitrogens is 1. The van der Waals surface area contributed by atoms with Crippen LogP contribution in [0.2, 0.25) is 0 Å². The van der Waals surface area contributed by atoms with Crippen molar-refractivity contribution in [2.45, 2.75) is 18.9 Å². The summed E-state index contributed by atoms with van der Waals surface area (Å²) in [7, 11) is 0. The first-order valence-corrected chi connectivity index (χ1v) is 9.12. The number of nitrogens with one attached hydrogen (secondary N) is 3. The molecule has 0 aliphatic carbocycles. The molecule has 1 amide bonds. The molecule has 0 unspecified atom stereocenters. The Kier molecular flexibility index (Phi) is 5.05. The summed E-state index contributed by atoms with van der Waals surface area (Å²) >= 11 is 0. The van der Waals surface area contributed by atoms with Crippen LogP contribution in [0, 0.1) is 11.6 Å². The lowest BCUT2D eigenvalue weighted by Crippen LogP contribution is -2.49. The lowest BCUT2D eigenvalue weighted by atomic mass is 10.1. The summed E-state index contributed by atoms with van der Waals surface area (Å²) in [6.07, 6.45) is 5.07. The third-order valence-corrected chi connectivity index (χ3v) is 4.81. The average molecular weight is 386 g/mol. The number of carbonyl (C=O) groups excluding carboxylic acids is 1. The van der Waals surface area contributed by atoms with Gasteiger partial charge in [0.1, 0.15) is 35.1 Å². The number of piperidine rings is 1. The van der Waals surface area contributed by atoms with E-state index in [9.17, 15) is 13.6 Å². The van der Waals surface area contributed by atoms with E-state index < -0.39 is 11.6 Å². The van der Waals surface area contributed by atoms with Gasteiger partial charge in [-0.1, -0.05) is 6.07 Å². The lowest BCUT2D eigenvalue weighted by Gasteiger charge is -2.34. The standard InChI is InChI=1S/C19H20F2N6O/c20-14-4-1-5-15(21)17(14)23-9-16(28)26-12-3-2-8-27(10-12)19-13-6-7-22-18(13)24-11-25-19/h1,4-7,11-12,23H,2-3,8-10H2,(H,26,28)(H,22,24,25)/t12-/m1/s1. The summed E-state index contributed by atoms with van der Waals surface area (Å²) in [5.41, 5.74) is 0.478. The van der Waals surface area contributed by atoms with E-state index in [1.165, 1.54) is 12.4 Å². The van der Waals surface area contributed by atoms with Crippen LogP contribution in [0.25, 0.3) is 11.0 Å². The highest BCUT2D eigenvalue weighted by Crippen LogP contribution is 2.25. The molecule has 0 saturated carbocycles. The summed E-state index contributed by atoms with van der Waals surface area (Å²) < 4.78 is 27.3. The molecule has 1 aliphatic rings. The van der Waals surface area contributed by atoms with Gasteiger partial charge in [-0.05, 0) is 31.0 Å². The topological polar surface area (TPSA) is 85.9 Å². The van der Waals surface area contributed by atoms with Crippen LogP contribution in [0.5, 0.6) is 0 Å². The minimum atomic E-state index is -0.726. The van der Waals surface area contributed by atoms with Gasteiger partial charge in [0.25, 0.3) is 0 Å². The second kappa shape index (κ2) is 7.79. The molecule has 1 aliphatic heterocycles. The third kappa shape index (κ3) is 3.73. The fourth-order valence-electron chi connectivity index (χ4n) is 3.51. The van der Waals surface area contributed by atoms with Gasteiger partial charge in [0.05, 0.1) is 11.9 Å². The van der Waals surface area contributed by atoms with Crippen molar-refractivity contribution >= 4 is 28.4 Å². The SMILES string of the molecule is O=C(CNc1c(F)cccc1F)N[C@@H]1CCCN(c2ncnc3[nH]ccc23)C1. The summed E-state index contributed by atoms with van der Waals surface area (Å²) in [6.45, 7) is 1.24. The minimum Gasteiger partial charge on any atom is -0.371 e. The summed E-state index contributed by atoms with van der Waals surface area (Å²) in [5, 5.41) is 6.40. The Labute approximate surface area is 160 Å². The van der Waals surface area contributed by atoms with Crippen molar-refractivity contribution < 1.29 is 13.6 Å². The molecule has 3 aromatic rings. The van der Waals surface area contributed by atoms with Gasteiger partial charge in [0.2, 0.25) is 5.91 Å². The van der Waals surface area contributed by atoms with E-state index in [1.54, 1.807) is 0 Å². The maximum atomic E-state index is 13.6. The molecule has 146 valence electrons. The van der Waals surface area contributed by atoms with Crippen molar-refractivity contribution in [3.63, 3.8) is 0 Å². The first kappa shape index (κ1) is 18.1. The molecule has 3 heterocycles. The number of rotatable bonds is 5. The number of nitrogens with zero attached hydrogens (tertiary/aromatic N) is 3. The number of hydrogen-bond acceptors (Lipinski definition) is 5. The number of carbonyl (C=O) groups is 1.